The summed E-state index contributed by atoms with van der Waals surface area (Å²) in [6.07, 6.45) is -2.07. The molecule has 1 fully saturated rings. The van der Waals surface area contributed by atoms with E-state index in [2.05, 4.69) is 20.0 Å². The molecular weight excluding hydrogens is 349 g/mol. The largest absolute Gasteiger partial charge is 0.453 e. The summed E-state index contributed by atoms with van der Waals surface area (Å²) in [7, 11) is 2.04. The number of halogens is 3. The minimum absolute atomic E-state index is 0.0329. The average Bonchev–Trinajstić information content (AvgIpc) is 3.03. The normalized spacial score (nSPS) is 16.8. The van der Waals surface area contributed by atoms with Crippen LogP contribution in [-0.4, -0.2) is 68.9 Å². The Balaban J connectivity index is 1.80. The number of alkyl halides is 3. The first kappa shape index (κ1) is 18.8. The molecule has 2 aromatic heterocycles. The Morgan fingerprint density at radius 3 is 2.58 bits per heavy atom. The maximum Gasteiger partial charge on any atom is 0.453 e. The molecule has 0 radical (unpaired) electrons. The second kappa shape index (κ2) is 7.36. The van der Waals surface area contributed by atoms with Crippen LogP contribution in [0.2, 0.25) is 0 Å². The van der Waals surface area contributed by atoms with E-state index in [1.165, 1.54) is 4.52 Å². The first-order valence-corrected chi connectivity index (χ1v) is 8.67. The number of aromatic nitrogens is 4. The van der Waals surface area contributed by atoms with Gasteiger partial charge in [-0.25, -0.2) is 4.98 Å². The van der Waals surface area contributed by atoms with Crippen LogP contribution in [0.1, 0.15) is 30.8 Å². The third kappa shape index (κ3) is 3.90. The molecule has 1 aliphatic rings. The quantitative estimate of drug-likeness (QED) is 0.862. The van der Waals surface area contributed by atoms with Crippen molar-refractivity contribution in [3.8, 4) is 0 Å². The predicted molar refractivity (Wildman–Crippen MR) is 90.1 cm³/mol. The number of hydrogen-bond acceptors (Lipinski definition) is 6. The highest BCUT2D eigenvalue weighted by molar-refractivity contribution is 5.48. The summed E-state index contributed by atoms with van der Waals surface area (Å²) in [6, 6.07) is 2.15. The third-order valence-electron chi connectivity index (χ3n) is 4.76. The molecule has 1 saturated heterocycles. The average molecular weight is 372 g/mol. The lowest BCUT2D eigenvalue weighted by Gasteiger charge is -2.37. The van der Waals surface area contributed by atoms with Gasteiger partial charge < -0.3 is 14.9 Å². The first-order chi connectivity index (χ1) is 12.3. The van der Waals surface area contributed by atoms with Gasteiger partial charge in [-0.2, -0.15) is 22.7 Å². The molecule has 0 aliphatic carbocycles. The molecule has 0 bridgehead atoms. The van der Waals surface area contributed by atoms with E-state index in [9.17, 15) is 13.2 Å². The Kier molecular flexibility index (Phi) is 5.33. The number of rotatable bonds is 5. The van der Waals surface area contributed by atoms with Crippen LogP contribution in [0, 0.1) is 6.92 Å². The zero-order valence-electron chi connectivity index (χ0n) is 14.9. The molecule has 0 aromatic carbocycles. The maximum atomic E-state index is 12.9. The third-order valence-corrected chi connectivity index (χ3v) is 4.76. The van der Waals surface area contributed by atoms with Crippen molar-refractivity contribution in [1.29, 1.82) is 0 Å². The Morgan fingerprint density at radius 1 is 1.27 bits per heavy atom. The monoisotopic (exact) mass is 372 g/mol. The lowest BCUT2D eigenvalue weighted by molar-refractivity contribution is -0.144. The van der Waals surface area contributed by atoms with Crippen LogP contribution in [0.3, 0.4) is 0 Å². The van der Waals surface area contributed by atoms with E-state index in [0.717, 1.165) is 25.8 Å². The molecule has 10 heteroatoms. The fourth-order valence-electron chi connectivity index (χ4n) is 3.35. The van der Waals surface area contributed by atoms with Crippen molar-refractivity contribution in [3.63, 3.8) is 0 Å². The van der Waals surface area contributed by atoms with Crippen molar-refractivity contribution in [2.24, 2.45) is 0 Å². The molecule has 0 spiro atoms. The van der Waals surface area contributed by atoms with E-state index in [1.54, 1.807) is 13.0 Å². The number of aliphatic hydroxyl groups is 1. The number of anilines is 1. The van der Waals surface area contributed by atoms with Crippen LogP contribution in [0.15, 0.2) is 6.07 Å². The van der Waals surface area contributed by atoms with Crippen molar-refractivity contribution in [2.75, 3.05) is 38.2 Å². The Bertz CT molecular complexity index is 754. The van der Waals surface area contributed by atoms with Gasteiger partial charge in [-0.15, -0.1) is 5.10 Å². The van der Waals surface area contributed by atoms with Crippen LogP contribution in [0.25, 0.3) is 5.78 Å². The van der Waals surface area contributed by atoms with E-state index < -0.39 is 12.0 Å². The topological polar surface area (TPSA) is 69.8 Å². The number of nitrogens with zero attached hydrogens (tertiary/aromatic N) is 6. The molecule has 2 aromatic rings. The highest BCUT2D eigenvalue weighted by Gasteiger charge is 2.37. The summed E-state index contributed by atoms with van der Waals surface area (Å²) in [5, 5.41) is 12.6. The minimum Gasteiger partial charge on any atom is -0.396 e. The zero-order chi connectivity index (χ0) is 18.9. The molecule has 3 heterocycles. The number of aryl methyl sites for hydroxylation is 1. The number of piperidine rings is 1. The lowest BCUT2D eigenvalue weighted by Crippen LogP contribution is -2.44. The van der Waals surface area contributed by atoms with E-state index in [-0.39, 0.29) is 12.4 Å². The molecule has 0 amide bonds. The van der Waals surface area contributed by atoms with E-state index >= 15 is 0 Å². The van der Waals surface area contributed by atoms with Gasteiger partial charge in [0.1, 0.15) is 5.82 Å². The van der Waals surface area contributed by atoms with Crippen LogP contribution < -0.4 is 4.90 Å². The van der Waals surface area contributed by atoms with Gasteiger partial charge in [0.15, 0.2) is 0 Å². The molecule has 0 atom stereocenters. The molecule has 0 saturated carbocycles. The highest BCUT2D eigenvalue weighted by Crippen LogP contribution is 2.28. The van der Waals surface area contributed by atoms with Gasteiger partial charge in [0.05, 0.1) is 0 Å². The van der Waals surface area contributed by atoms with Crippen molar-refractivity contribution in [3.05, 3.63) is 17.6 Å². The van der Waals surface area contributed by atoms with Gasteiger partial charge in [-0.3, -0.25) is 0 Å². The van der Waals surface area contributed by atoms with E-state index in [4.69, 9.17) is 5.11 Å². The SMILES string of the molecule is Cc1cc(N2CCC(N(C)CCCO)CC2)n2nc(C(F)(F)F)nc2n1. The second-order valence-corrected chi connectivity index (χ2v) is 6.68. The first-order valence-electron chi connectivity index (χ1n) is 8.67. The van der Waals surface area contributed by atoms with Crippen LogP contribution in [0.5, 0.6) is 0 Å². The van der Waals surface area contributed by atoms with E-state index in [1.807, 2.05) is 11.9 Å². The molecule has 3 rings (SSSR count). The highest BCUT2D eigenvalue weighted by atomic mass is 19.4. The van der Waals surface area contributed by atoms with Crippen molar-refractivity contribution in [2.45, 2.75) is 38.4 Å². The lowest BCUT2D eigenvalue weighted by atomic mass is 10.0. The van der Waals surface area contributed by atoms with Crippen LogP contribution in [-0.2, 0) is 6.18 Å². The summed E-state index contributed by atoms with van der Waals surface area (Å²) in [5.74, 6) is -0.614. The van der Waals surface area contributed by atoms with Crippen molar-refractivity contribution < 1.29 is 18.3 Å². The van der Waals surface area contributed by atoms with Crippen LogP contribution in [0.4, 0.5) is 19.0 Å². The van der Waals surface area contributed by atoms with Crippen molar-refractivity contribution in [1.82, 2.24) is 24.5 Å². The van der Waals surface area contributed by atoms with Gasteiger partial charge in [0.2, 0.25) is 0 Å². The summed E-state index contributed by atoms with van der Waals surface area (Å²) < 4.78 is 40.0. The molecule has 0 unspecified atom stereocenters. The Labute approximate surface area is 149 Å². The van der Waals surface area contributed by atoms with Crippen LogP contribution >= 0.6 is 0 Å². The summed E-state index contributed by atoms with van der Waals surface area (Å²) in [4.78, 5) is 11.9. The number of hydrogen-bond donors (Lipinski definition) is 1. The van der Waals surface area contributed by atoms with Gasteiger partial charge in [0.25, 0.3) is 11.6 Å². The second-order valence-electron chi connectivity index (χ2n) is 6.68. The van der Waals surface area contributed by atoms with E-state index in [0.29, 0.717) is 30.6 Å². The number of aliphatic hydroxyl groups excluding tert-OH is 1. The maximum absolute atomic E-state index is 12.9. The zero-order valence-corrected chi connectivity index (χ0v) is 14.9. The van der Waals surface area contributed by atoms with Gasteiger partial charge in [-0.05, 0) is 33.2 Å². The minimum atomic E-state index is -4.60. The molecule has 144 valence electrons. The molecular formula is C16H23F3N6O. The smallest absolute Gasteiger partial charge is 0.396 e. The summed E-state index contributed by atoms with van der Waals surface area (Å²) >= 11 is 0. The fourth-order valence-corrected chi connectivity index (χ4v) is 3.35. The Morgan fingerprint density at radius 2 is 1.96 bits per heavy atom. The molecule has 1 aliphatic heterocycles. The summed E-state index contributed by atoms with van der Waals surface area (Å²) in [6.45, 7) is 4.17. The van der Waals surface area contributed by atoms with Gasteiger partial charge in [0, 0.05) is 44.0 Å². The molecule has 1 N–H and O–H groups in total. The van der Waals surface area contributed by atoms with Gasteiger partial charge >= 0.3 is 6.18 Å². The standard InChI is InChI=1S/C16H23F3N6O/c1-11-10-13(25-15(20-11)21-14(22-25)16(17,18)19)24-7-4-12(5-8-24)23(2)6-3-9-26/h10,12,26H,3-9H2,1-2H3. The predicted octanol–water partition coefficient (Wildman–Crippen LogP) is 1.73. The molecule has 7 nitrogen and oxygen atoms in total. The molecule has 26 heavy (non-hydrogen) atoms. The fraction of sp³-hybridized carbons (Fsp3) is 0.688. The Hall–Kier alpha value is -1.94. The summed E-state index contributed by atoms with van der Waals surface area (Å²) in [5.41, 5.74) is 0.607. The van der Waals surface area contributed by atoms with Gasteiger partial charge in [-0.1, -0.05) is 0 Å². The number of fused-ring (bicyclic) bond motifs is 1. The van der Waals surface area contributed by atoms with Crippen molar-refractivity contribution >= 4 is 11.6 Å².